The number of benzene rings is 3. The fourth-order valence-electron chi connectivity index (χ4n) is 3.88. The Balaban J connectivity index is 2.05. The number of hydrogen-bond acceptors (Lipinski definition) is 3. The van der Waals surface area contributed by atoms with E-state index in [0.29, 0.717) is 6.42 Å². The lowest BCUT2D eigenvalue weighted by Crippen LogP contribution is -2.48. The van der Waals surface area contributed by atoms with E-state index in [0.717, 1.165) is 16.7 Å². The van der Waals surface area contributed by atoms with Gasteiger partial charge in [0.15, 0.2) is 0 Å². The number of carbonyl (C=O) groups is 2. The molecule has 1 amide bonds. The molecule has 4 nitrogen and oxygen atoms in total. The zero-order valence-corrected chi connectivity index (χ0v) is 17.5. The topological polar surface area (TPSA) is 58.2 Å². The highest BCUT2D eigenvalue weighted by Crippen LogP contribution is 2.36. The molecule has 0 aliphatic heterocycles. The van der Waals surface area contributed by atoms with Crippen molar-refractivity contribution in [3.63, 3.8) is 0 Å². The molecule has 1 atom stereocenters. The average molecular weight is 401 g/mol. The van der Waals surface area contributed by atoms with E-state index in [2.05, 4.69) is 10.6 Å². The van der Waals surface area contributed by atoms with Gasteiger partial charge >= 0.3 is 0 Å². The van der Waals surface area contributed by atoms with Crippen molar-refractivity contribution in [2.24, 2.45) is 0 Å². The van der Waals surface area contributed by atoms with Crippen LogP contribution in [0.5, 0.6) is 0 Å². The molecule has 2 N–H and O–H groups in total. The van der Waals surface area contributed by atoms with Crippen molar-refractivity contribution in [1.29, 1.82) is 0 Å². The summed E-state index contributed by atoms with van der Waals surface area (Å²) in [6.45, 7) is 1.54. The van der Waals surface area contributed by atoms with Crippen LogP contribution in [0.1, 0.15) is 36.5 Å². The molecule has 3 rings (SSSR count). The standard InChI is InChI=1S/C26H28N2O2/c1-20(29)24(27-2)18-19-25(30)28-26(21-12-6-3-7-13-21,22-14-8-4-9-15-22)23-16-10-5-11-17-23/h3-17,24,27H,18-19H2,1-2H3,(H,28,30)/t24-/m1/s1. The fraction of sp³-hybridized carbons (Fsp3) is 0.231. The molecule has 0 unspecified atom stereocenters. The predicted octanol–water partition coefficient (Wildman–Crippen LogP) is 4.05. The van der Waals surface area contributed by atoms with Gasteiger partial charge in [-0.1, -0.05) is 91.0 Å². The van der Waals surface area contributed by atoms with Crippen LogP contribution in [0.3, 0.4) is 0 Å². The Bertz CT molecular complexity index is 859. The van der Waals surface area contributed by atoms with Gasteiger partial charge in [-0.2, -0.15) is 0 Å². The number of carbonyl (C=O) groups excluding carboxylic acids is 2. The first-order valence-electron chi connectivity index (χ1n) is 10.2. The van der Waals surface area contributed by atoms with E-state index < -0.39 is 5.54 Å². The second-order valence-electron chi connectivity index (χ2n) is 7.39. The van der Waals surface area contributed by atoms with Crippen molar-refractivity contribution in [3.05, 3.63) is 108 Å². The number of nitrogens with one attached hydrogen (secondary N) is 2. The van der Waals surface area contributed by atoms with Gasteiger partial charge in [0.1, 0.15) is 11.3 Å². The molecule has 4 heteroatoms. The quantitative estimate of drug-likeness (QED) is 0.533. The molecule has 0 radical (unpaired) electrons. The van der Waals surface area contributed by atoms with E-state index in [1.165, 1.54) is 0 Å². The van der Waals surface area contributed by atoms with Crippen molar-refractivity contribution in [1.82, 2.24) is 10.6 Å². The maximum absolute atomic E-state index is 13.2. The first-order chi connectivity index (χ1) is 14.6. The number of amides is 1. The summed E-state index contributed by atoms with van der Waals surface area (Å²) in [5.41, 5.74) is 2.11. The van der Waals surface area contributed by atoms with Crippen molar-refractivity contribution in [2.45, 2.75) is 31.3 Å². The Morgan fingerprint density at radius 3 is 1.50 bits per heavy atom. The summed E-state index contributed by atoms with van der Waals surface area (Å²) < 4.78 is 0. The molecule has 0 bridgehead atoms. The minimum Gasteiger partial charge on any atom is -0.338 e. The van der Waals surface area contributed by atoms with Crippen molar-refractivity contribution < 1.29 is 9.59 Å². The Morgan fingerprint density at radius 1 is 0.767 bits per heavy atom. The fourth-order valence-corrected chi connectivity index (χ4v) is 3.88. The van der Waals surface area contributed by atoms with Crippen LogP contribution < -0.4 is 10.6 Å². The first-order valence-corrected chi connectivity index (χ1v) is 10.2. The summed E-state index contributed by atoms with van der Waals surface area (Å²) in [6.07, 6.45) is 0.700. The lowest BCUT2D eigenvalue weighted by Gasteiger charge is -2.37. The number of rotatable bonds is 9. The largest absolute Gasteiger partial charge is 0.338 e. The molecule has 0 fully saturated rings. The highest BCUT2D eigenvalue weighted by Gasteiger charge is 2.37. The van der Waals surface area contributed by atoms with Gasteiger partial charge in [0.05, 0.1) is 6.04 Å². The van der Waals surface area contributed by atoms with Crippen LogP contribution in [0.15, 0.2) is 91.0 Å². The van der Waals surface area contributed by atoms with Crippen LogP contribution in [0, 0.1) is 0 Å². The summed E-state index contributed by atoms with van der Waals surface area (Å²) in [4.78, 5) is 24.9. The van der Waals surface area contributed by atoms with Crippen LogP contribution in [0.2, 0.25) is 0 Å². The number of hydrogen-bond donors (Lipinski definition) is 2. The number of Topliss-reactive ketones (excluding diaryl/α,β-unsaturated/α-hetero) is 1. The summed E-state index contributed by atoms with van der Waals surface area (Å²) in [7, 11) is 1.74. The van der Waals surface area contributed by atoms with Gasteiger partial charge in [-0.3, -0.25) is 9.59 Å². The molecule has 0 saturated heterocycles. The van der Waals surface area contributed by atoms with E-state index in [1.807, 2.05) is 91.0 Å². The second-order valence-corrected chi connectivity index (χ2v) is 7.39. The van der Waals surface area contributed by atoms with E-state index in [1.54, 1.807) is 14.0 Å². The average Bonchev–Trinajstić information content (AvgIpc) is 2.79. The molecule has 30 heavy (non-hydrogen) atoms. The first kappa shape index (κ1) is 21.5. The predicted molar refractivity (Wildman–Crippen MR) is 120 cm³/mol. The highest BCUT2D eigenvalue weighted by molar-refractivity contribution is 5.83. The number of likely N-dealkylation sites (N-methyl/N-ethyl adjacent to an activating group) is 1. The molecule has 154 valence electrons. The summed E-state index contributed by atoms with van der Waals surface area (Å²) in [5, 5.41) is 6.30. The van der Waals surface area contributed by atoms with Crippen molar-refractivity contribution in [3.8, 4) is 0 Å². The number of ketones is 1. The van der Waals surface area contributed by atoms with E-state index in [9.17, 15) is 9.59 Å². The smallest absolute Gasteiger partial charge is 0.221 e. The Kier molecular flexibility index (Phi) is 7.15. The molecule has 0 aliphatic carbocycles. The molecule has 0 heterocycles. The monoisotopic (exact) mass is 400 g/mol. The van der Waals surface area contributed by atoms with Crippen LogP contribution in [0.25, 0.3) is 0 Å². The Hall–Kier alpha value is -3.24. The molecule has 0 aromatic heterocycles. The van der Waals surface area contributed by atoms with Crippen molar-refractivity contribution in [2.75, 3.05) is 7.05 Å². The summed E-state index contributed by atoms with van der Waals surface area (Å²) in [5.74, 6) is -0.0706. The maximum Gasteiger partial charge on any atom is 0.221 e. The third kappa shape index (κ3) is 4.66. The van der Waals surface area contributed by atoms with Crippen LogP contribution in [0.4, 0.5) is 0 Å². The van der Waals surface area contributed by atoms with Gasteiger partial charge in [-0.05, 0) is 37.1 Å². The molecule has 0 spiro atoms. The molecular weight excluding hydrogens is 372 g/mol. The van der Waals surface area contributed by atoms with Gasteiger partial charge in [-0.25, -0.2) is 0 Å². The Labute approximate surface area is 178 Å². The minimum atomic E-state index is -0.827. The third-order valence-corrected chi connectivity index (χ3v) is 5.45. The molecule has 0 aliphatic rings. The molecule has 0 saturated carbocycles. The maximum atomic E-state index is 13.2. The van der Waals surface area contributed by atoms with E-state index in [4.69, 9.17) is 0 Å². The van der Waals surface area contributed by atoms with Crippen molar-refractivity contribution >= 4 is 11.7 Å². The molecule has 3 aromatic rings. The van der Waals surface area contributed by atoms with Gasteiger partial charge in [0.25, 0.3) is 0 Å². The summed E-state index contributed by atoms with van der Waals surface area (Å²) >= 11 is 0. The van der Waals surface area contributed by atoms with Gasteiger partial charge in [0.2, 0.25) is 5.91 Å². The minimum absolute atomic E-state index is 0.0331. The van der Waals surface area contributed by atoms with Crippen LogP contribution in [-0.2, 0) is 15.1 Å². The lowest BCUT2D eigenvalue weighted by molar-refractivity contribution is -0.123. The molecule has 3 aromatic carbocycles. The lowest BCUT2D eigenvalue weighted by atomic mass is 9.77. The summed E-state index contributed by atoms with van der Waals surface area (Å²) in [6, 6.07) is 29.7. The third-order valence-electron chi connectivity index (χ3n) is 5.45. The Morgan fingerprint density at radius 2 is 1.17 bits per heavy atom. The van der Waals surface area contributed by atoms with Gasteiger partial charge in [0, 0.05) is 6.42 Å². The van der Waals surface area contributed by atoms with Gasteiger partial charge in [-0.15, -0.1) is 0 Å². The van der Waals surface area contributed by atoms with Gasteiger partial charge < -0.3 is 10.6 Å². The van der Waals surface area contributed by atoms with Crippen LogP contribution in [-0.4, -0.2) is 24.8 Å². The van der Waals surface area contributed by atoms with E-state index >= 15 is 0 Å². The highest BCUT2D eigenvalue weighted by atomic mass is 16.2. The zero-order valence-electron chi connectivity index (χ0n) is 17.5. The second kappa shape index (κ2) is 9.99. The van der Waals surface area contributed by atoms with Crippen LogP contribution >= 0.6 is 0 Å². The SMILES string of the molecule is CN[C@H](CCC(=O)NC(c1ccccc1)(c1ccccc1)c1ccccc1)C(C)=O. The zero-order chi connectivity index (χ0) is 21.4. The van der Waals surface area contributed by atoms with E-state index in [-0.39, 0.29) is 24.2 Å². The molecular formula is C26H28N2O2. The normalized spacial score (nSPS) is 12.2.